The van der Waals surface area contributed by atoms with Gasteiger partial charge in [-0.3, -0.25) is 0 Å². The number of rotatable bonds is 5. The van der Waals surface area contributed by atoms with Crippen LogP contribution in [0.5, 0.6) is 0 Å². The standard InChI is InChI=1S/C22H32S/c1-3-8-16(4-2)18-11-12-19-14-21(17-9-6-5-7-10-17)22(23)15-20(19)13-18/h11-12,14-18,23H,3-10,13H2,1-2H3. The Morgan fingerprint density at radius 2 is 1.91 bits per heavy atom. The van der Waals surface area contributed by atoms with Gasteiger partial charge >= 0.3 is 0 Å². The largest absolute Gasteiger partial charge is 0.143 e. The van der Waals surface area contributed by atoms with Gasteiger partial charge in [-0.15, -0.1) is 12.6 Å². The molecular weight excluding hydrogens is 296 g/mol. The summed E-state index contributed by atoms with van der Waals surface area (Å²) in [6.07, 6.45) is 17.0. The maximum absolute atomic E-state index is 4.86. The first-order valence-corrected chi connectivity index (χ1v) is 10.2. The third-order valence-electron chi connectivity index (χ3n) is 6.10. The van der Waals surface area contributed by atoms with Crippen molar-refractivity contribution in [2.75, 3.05) is 0 Å². The first-order chi connectivity index (χ1) is 11.2. The van der Waals surface area contributed by atoms with Gasteiger partial charge in [0.05, 0.1) is 0 Å². The predicted octanol–water partition coefficient (Wildman–Crippen LogP) is 7.03. The van der Waals surface area contributed by atoms with Gasteiger partial charge in [0.2, 0.25) is 0 Å². The van der Waals surface area contributed by atoms with Gasteiger partial charge in [-0.25, -0.2) is 0 Å². The van der Waals surface area contributed by atoms with Crippen LogP contribution >= 0.6 is 12.6 Å². The quantitative estimate of drug-likeness (QED) is 0.551. The maximum Gasteiger partial charge on any atom is 0.00780 e. The summed E-state index contributed by atoms with van der Waals surface area (Å²) >= 11 is 4.86. The topological polar surface area (TPSA) is 0 Å². The van der Waals surface area contributed by atoms with E-state index in [1.54, 1.807) is 0 Å². The van der Waals surface area contributed by atoms with Crippen LogP contribution < -0.4 is 0 Å². The highest BCUT2D eigenvalue weighted by Gasteiger charge is 2.24. The van der Waals surface area contributed by atoms with Crippen molar-refractivity contribution in [1.29, 1.82) is 0 Å². The third-order valence-corrected chi connectivity index (χ3v) is 6.49. The molecule has 0 radical (unpaired) electrons. The van der Waals surface area contributed by atoms with Gasteiger partial charge in [-0.2, -0.15) is 0 Å². The minimum atomic E-state index is 0.723. The van der Waals surface area contributed by atoms with Crippen LogP contribution in [0, 0.1) is 11.8 Å². The second kappa shape index (κ2) is 7.92. The van der Waals surface area contributed by atoms with Crippen molar-refractivity contribution in [2.45, 2.75) is 82.4 Å². The molecule has 1 aromatic carbocycles. The molecular formula is C22H32S. The Balaban J connectivity index is 1.81. The molecule has 0 nitrogen and oxygen atoms in total. The van der Waals surface area contributed by atoms with E-state index in [1.807, 2.05) is 0 Å². The van der Waals surface area contributed by atoms with Crippen molar-refractivity contribution in [3.8, 4) is 0 Å². The van der Waals surface area contributed by atoms with Crippen molar-refractivity contribution >= 4 is 18.7 Å². The number of allylic oxidation sites excluding steroid dienone is 1. The summed E-state index contributed by atoms with van der Waals surface area (Å²) in [4.78, 5) is 1.24. The summed E-state index contributed by atoms with van der Waals surface area (Å²) in [6, 6.07) is 4.85. The molecule has 1 heteroatoms. The molecule has 1 saturated carbocycles. The number of benzene rings is 1. The fraction of sp³-hybridized carbons (Fsp3) is 0.636. The second-order valence-electron chi connectivity index (χ2n) is 7.63. The van der Waals surface area contributed by atoms with Gasteiger partial charge in [-0.1, -0.05) is 70.6 Å². The minimum absolute atomic E-state index is 0.723. The van der Waals surface area contributed by atoms with Crippen LogP contribution in [-0.4, -0.2) is 0 Å². The third kappa shape index (κ3) is 3.87. The first-order valence-electron chi connectivity index (χ1n) is 9.76. The lowest BCUT2D eigenvalue weighted by molar-refractivity contribution is 0.351. The zero-order chi connectivity index (χ0) is 16.2. The Morgan fingerprint density at radius 1 is 1.13 bits per heavy atom. The molecule has 0 heterocycles. The van der Waals surface area contributed by atoms with Gasteiger partial charge in [0.1, 0.15) is 0 Å². The van der Waals surface area contributed by atoms with Gasteiger partial charge in [0.15, 0.2) is 0 Å². The molecule has 1 fully saturated rings. The van der Waals surface area contributed by atoms with E-state index in [-0.39, 0.29) is 0 Å². The van der Waals surface area contributed by atoms with E-state index >= 15 is 0 Å². The van der Waals surface area contributed by atoms with E-state index < -0.39 is 0 Å². The molecule has 0 N–H and O–H groups in total. The minimum Gasteiger partial charge on any atom is -0.143 e. The van der Waals surface area contributed by atoms with Crippen LogP contribution in [-0.2, 0) is 6.42 Å². The van der Waals surface area contributed by atoms with Crippen molar-refractivity contribution in [3.05, 3.63) is 34.9 Å². The molecule has 3 rings (SSSR count). The summed E-state index contributed by atoms with van der Waals surface area (Å²) in [6.45, 7) is 4.66. The Morgan fingerprint density at radius 3 is 2.61 bits per heavy atom. The van der Waals surface area contributed by atoms with E-state index in [0.29, 0.717) is 0 Å². The zero-order valence-corrected chi connectivity index (χ0v) is 15.7. The predicted molar refractivity (Wildman–Crippen MR) is 104 cm³/mol. The summed E-state index contributed by atoms with van der Waals surface area (Å²) in [7, 11) is 0. The molecule has 2 atom stereocenters. The second-order valence-corrected chi connectivity index (χ2v) is 8.11. The Labute approximate surface area is 148 Å². The Bertz CT molecular complexity index is 551. The molecule has 0 aliphatic heterocycles. The fourth-order valence-corrected chi connectivity index (χ4v) is 5.11. The highest BCUT2D eigenvalue weighted by Crippen LogP contribution is 2.39. The molecule has 1 aromatic rings. The fourth-order valence-electron chi connectivity index (χ4n) is 4.70. The lowest BCUT2D eigenvalue weighted by Gasteiger charge is -2.29. The van der Waals surface area contributed by atoms with Crippen molar-refractivity contribution in [3.63, 3.8) is 0 Å². The number of thiol groups is 1. The maximum atomic E-state index is 4.86. The van der Waals surface area contributed by atoms with Crippen molar-refractivity contribution < 1.29 is 0 Å². The molecule has 0 saturated heterocycles. The highest BCUT2D eigenvalue weighted by atomic mass is 32.1. The number of hydrogen-bond acceptors (Lipinski definition) is 1. The van der Waals surface area contributed by atoms with Crippen LogP contribution in [0.1, 0.15) is 87.8 Å². The molecule has 2 aliphatic carbocycles. The zero-order valence-electron chi connectivity index (χ0n) is 14.9. The van der Waals surface area contributed by atoms with Crippen LogP contribution in [0.25, 0.3) is 6.08 Å². The molecule has 126 valence electrons. The van der Waals surface area contributed by atoms with Gasteiger partial charge in [-0.05, 0) is 59.8 Å². The van der Waals surface area contributed by atoms with E-state index in [4.69, 9.17) is 12.6 Å². The normalized spacial score (nSPS) is 22.8. The molecule has 2 unspecified atom stereocenters. The van der Waals surface area contributed by atoms with Gasteiger partial charge in [0.25, 0.3) is 0 Å². The Hall–Kier alpha value is -0.690. The molecule has 23 heavy (non-hydrogen) atoms. The molecule has 0 amide bonds. The van der Waals surface area contributed by atoms with Crippen LogP contribution in [0.3, 0.4) is 0 Å². The summed E-state index contributed by atoms with van der Waals surface area (Å²) < 4.78 is 0. The monoisotopic (exact) mass is 328 g/mol. The molecule has 0 aromatic heterocycles. The van der Waals surface area contributed by atoms with E-state index in [0.717, 1.165) is 17.8 Å². The van der Waals surface area contributed by atoms with Gasteiger partial charge in [0, 0.05) is 4.90 Å². The smallest absolute Gasteiger partial charge is 0.00780 e. The van der Waals surface area contributed by atoms with Gasteiger partial charge < -0.3 is 0 Å². The van der Waals surface area contributed by atoms with Crippen LogP contribution in [0.15, 0.2) is 23.1 Å². The number of fused-ring (bicyclic) bond motifs is 1. The highest BCUT2D eigenvalue weighted by molar-refractivity contribution is 7.80. The molecule has 0 spiro atoms. The lowest BCUT2D eigenvalue weighted by atomic mass is 9.77. The summed E-state index contributed by atoms with van der Waals surface area (Å²) in [5.74, 6) is 2.31. The SMILES string of the molecule is CCCC(CC)C1C=Cc2cc(C3CCCCC3)c(S)cc2C1. The van der Waals surface area contributed by atoms with E-state index in [9.17, 15) is 0 Å². The number of hydrogen-bond donors (Lipinski definition) is 1. The van der Waals surface area contributed by atoms with Crippen LogP contribution in [0.2, 0.25) is 0 Å². The van der Waals surface area contributed by atoms with E-state index in [1.165, 1.54) is 79.4 Å². The summed E-state index contributed by atoms with van der Waals surface area (Å²) in [5.41, 5.74) is 4.50. The lowest BCUT2D eigenvalue weighted by Crippen LogP contribution is -2.18. The van der Waals surface area contributed by atoms with E-state index in [2.05, 4.69) is 38.1 Å². The van der Waals surface area contributed by atoms with Crippen LogP contribution in [0.4, 0.5) is 0 Å². The molecule has 0 bridgehead atoms. The first kappa shape index (κ1) is 17.1. The average Bonchev–Trinajstić information content (AvgIpc) is 2.59. The molecule has 2 aliphatic rings. The van der Waals surface area contributed by atoms with Crippen molar-refractivity contribution in [2.24, 2.45) is 11.8 Å². The average molecular weight is 329 g/mol. The van der Waals surface area contributed by atoms with Crippen molar-refractivity contribution in [1.82, 2.24) is 0 Å². The Kier molecular flexibility index (Phi) is 5.91. The summed E-state index contributed by atoms with van der Waals surface area (Å²) in [5, 5.41) is 0.